The van der Waals surface area contributed by atoms with Gasteiger partial charge in [-0.1, -0.05) is 0 Å². The third-order valence-electron chi connectivity index (χ3n) is 3.00. The fraction of sp³-hybridized carbons (Fsp3) is 0.143. The van der Waals surface area contributed by atoms with E-state index in [4.69, 9.17) is 10.5 Å². The molecule has 0 bridgehead atoms. The van der Waals surface area contributed by atoms with E-state index in [1.807, 2.05) is 12.1 Å². The molecule has 3 N–H and O–H groups in total. The summed E-state index contributed by atoms with van der Waals surface area (Å²) in [7, 11) is 0. The first-order valence-electron chi connectivity index (χ1n) is 6.01. The Labute approximate surface area is 110 Å². The predicted molar refractivity (Wildman–Crippen MR) is 72.2 cm³/mol. The van der Waals surface area contributed by atoms with Crippen LogP contribution in [0.2, 0.25) is 0 Å². The molecule has 1 aliphatic rings. The van der Waals surface area contributed by atoms with Gasteiger partial charge in [-0.2, -0.15) is 0 Å². The minimum atomic E-state index is -0.165. The van der Waals surface area contributed by atoms with Gasteiger partial charge in [0.2, 0.25) is 0 Å². The number of carbonyl (C=O) groups excluding carboxylic acids is 1. The van der Waals surface area contributed by atoms with E-state index in [-0.39, 0.29) is 5.91 Å². The third-order valence-corrected chi connectivity index (χ3v) is 3.00. The van der Waals surface area contributed by atoms with Crippen LogP contribution in [0.1, 0.15) is 15.9 Å². The zero-order valence-electron chi connectivity index (χ0n) is 10.2. The van der Waals surface area contributed by atoms with Crippen LogP contribution >= 0.6 is 0 Å². The van der Waals surface area contributed by atoms with Gasteiger partial charge >= 0.3 is 0 Å². The average molecular weight is 255 g/mol. The number of carbonyl (C=O) groups is 1. The first-order valence-corrected chi connectivity index (χ1v) is 6.01. The average Bonchev–Trinajstić information content (AvgIpc) is 2.88. The maximum absolute atomic E-state index is 12.1. The van der Waals surface area contributed by atoms with Gasteiger partial charge in [0.1, 0.15) is 11.6 Å². The van der Waals surface area contributed by atoms with Crippen LogP contribution in [0.15, 0.2) is 36.5 Å². The second-order valence-corrected chi connectivity index (χ2v) is 4.35. The van der Waals surface area contributed by atoms with Gasteiger partial charge in [-0.05, 0) is 35.9 Å². The molecule has 1 amide bonds. The van der Waals surface area contributed by atoms with E-state index in [1.54, 1.807) is 18.2 Å². The Hall–Kier alpha value is -2.56. The molecule has 1 aromatic carbocycles. The number of nitrogen functional groups attached to an aromatic ring is 1. The van der Waals surface area contributed by atoms with E-state index in [1.165, 1.54) is 6.20 Å². The van der Waals surface area contributed by atoms with Crippen molar-refractivity contribution in [3.8, 4) is 5.75 Å². The second kappa shape index (κ2) is 4.61. The standard InChI is InChI=1S/C14H13N3O2/c15-13-4-2-11(8-16-13)17-14(18)10-1-3-12-9(7-10)5-6-19-12/h1-4,7-8H,5-6H2,(H2,15,16)(H,17,18). The van der Waals surface area contributed by atoms with Gasteiger partial charge in [0.25, 0.3) is 5.91 Å². The number of nitrogens with one attached hydrogen (secondary N) is 1. The molecule has 0 saturated carbocycles. The van der Waals surface area contributed by atoms with E-state index in [0.717, 1.165) is 17.7 Å². The summed E-state index contributed by atoms with van der Waals surface area (Å²) in [6.07, 6.45) is 2.38. The van der Waals surface area contributed by atoms with Crippen molar-refractivity contribution in [3.05, 3.63) is 47.7 Å². The van der Waals surface area contributed by atoms with Gasteiger partial charge < -0.3 is 15.8 Å². The predicted octanol–water partition coefficient (Wildman–Crippen LogP) is 1.85. The molecule has 5 heteroatoms. The van der Waals surface area contributed by atoms with E-state index >= 15 is 0 Å². The first-order chi connectivity index (χ1) is 9.22. The highest BCUT2D eigenvalue weighted by Crippen LogP contribution is 2.26. The minimum absolute atomic E-state index is 0.165. The maximum Gasteiger partial charge on any atom is 0.255 e. The molecule has 96 valence electrons. The van der Waals surface area contributed by atoms with Crippen molar-refractivity contribution in [3.63, 3.8) is 0 Å². The number of nitrogens with zero attached hydrogens (tertiary/aromatic N) is 1. The molecule has 0 atom stereocenters. The molecule has 0 saturated heterocycles. The quantitative estimate of drug-likeness (QED) is 0.858. The number of hydrogen-bond acceptors (Lipinski definition) is 4. The molecule has 1 aromatic heterocycles. The lowest BCUT2D eigenvalue weighted by Crippen LogP contribution is -2.12. The number of ether oxygens (including phenoxy) is 1. The van der Waals surface area contributed by atoms with Crippen molar-refractivity contribution in [2.45, 2.75) is 6.42 Å². The second-order valence-electron chi connectivity index (χ2n) is 4.35. The Balaban J connectivity index is 1.78. The summed E-state index contributed by atoms with van der Waals surface area (Å²) in [5.74, 6) is 1.12. The lowest BCUT2D eigenvalue weighted by Gasteiger charge is -2.06. The van der Waals surface area contributed by atoms with Crippen molar-refractivity contribution >= 4 is 17.4 Å². The summed E-state index contributed by atoms with van der Waals surface area (Å²) in [6, 6.07) is 8.81. The number of anilines is 2. The van der Waals surface area contributed by atoms with Crippen LogP contribution in [0.3, 0.4) is 0 Å². The van der Waals surface area contributed by atoms with Crippen molar-refractivity contribution in [1.29, 1.82) is 0 Å². The van der Waals surface area contributed by atoms with Crippen LogP contribution in [0.5, 0.6) is 5.75 Å². The van der Waals surface area contributed by atoms with Crippen molar-refractivity contribution < 1.29 is 9.53 Å². The molecule has 1 aliphatic heterocycles. The number of nitrogens with two attached hydrogens (primary N) is 1. The van der Waals surface area contributed by atoms with Crippen LogP contribution in [0.25, 0.3) is 0 Å². The zero-order chi connectivity index (χ0) is 13.2. The fourth-order valence-corrected chi connectivity index (χ4v) is 2.01. The van der Waals surface area contributed by atoms with Crippen molar-refractivity contribution in [2.24, 2.45) is 0 Å². The summed E-state index contributed by atoms with van der Waals surface area (Å²) in [4.78, 5) is 16.0. The van der Waals surface area contributed by atoms with Crippen LogP contribution < -0.4 is 15.8 Å². The van der Waals surface area contributed by atoms with Crippen molar-refractivity contribution in [1.82, 2.24) is 4.98 Å². The summed E-state index contributed by atoms with van der Waals surface area (Å²) >= 11 is 0. The number of amides is 1. The van der Waals surface area contributed by atoms with Gasteiger partial charge in [-0.3, -0.25) is 4.79 Å². The number of fused-ring (bicyclic) bond motifs is 1. The summed E-state index contributed by atoms with van der Waals surface area (Å²) < 4.78 is 5.41. The molecular formula is C14H13N3O2. The zero-order valence-corrected chi connectivity index (χ0v) is 10.2. The van der Waals surface area contributed by atoms with Crippen LogP contribution in [0.4, 0.5) is 11.5 Å². The lowest BCUT2D eigenvalue weighted by molar-refractivity contribution is 0.102. The molecule has 19 heavy (non-hydrogen) atoms. The van der Waals surface area contributed by atoms with E-state index < -0.39 is 0 Å². The Bertz CT molecular complexity index is 623. The summed E-state index contributed by atoms with van der Waals surface area (Å²) in [6.45, 7) is 0.683. The Morgan fingerprint density at radius 3 is 3.00 bits per heavy atom. The number of aromatic nitrogens is 1. The molecule has 0 fully saturated rings. The highest BCUT2D eigenvalue weighted by Gasteiger charge is 2.15. The number of hydrogen-bond donors (Lipinski definition) is 2. The van der Waals surface area contributed by atoms with Gasteiger partial charge in [-0.15, -0.1) is 0 Å². The highest BCUT2D eigenvalue weighted by molar-refractivity contribution is 6.04. The van der Waals surface area contributed by atoms with Gasteiger partial charge in [0.05, 0.1) is 18.5 Å². The van der Waals surface area contributed by atoms with Gasteiger partial charge in [0, 0.05) is 12.0 Å². The number of rotatable bonds is 2. The Morgan fingerprint density at radius 1 is 1.32 bits per heavy atom. The van der Waals surface area contributed by atoms with Crippen LogP contribution in [-0.4, -0.2) is 17.5 Å². The normalized spacial score (nSPS) is 12.6. The minimum Gasteiger partial charge on any atom is -0.493 e. The summed E-state index contributed by atoms with van der Waals surface area (Å²) in [5, 5.41) is 2.78. The largest absolute Gasteiger partial charge is 0.493 e. The van der Waals surface area contributed by atoms with Gasteiger partial charge in [-0.25, -0.2) is 4.98 Å². The van der Waals surface area contributed by atoms with E-state index in [9.17, 15) is 4.79 Å². The van der Waals surface area contributed by atoms with Gasteiger partial charge in [0.15, 0.2) is 0 Å². The molecule has 2 aromatic rings. The number of benzene rings is 1. The molecule has 5 nitrogen and oxygen atoms in total. The number of pyridine rings is 1. The highest BCUT2D eigenvalue weighted by atomic mass is 16.5. The SMILES string of the molecule is Nc1ccc(NC(=O)c2ccc3c(c2)CCO3)cn1. The Kier molecular flexibility index (Phi) is 2.79. The van der Waals surface area contributed by atoms with Crippen LogP contribution in [-0.2, 0) is 6.42 Å². The monoisotopic (exact) mass is 255 g/mol. The summed E-state index contributed by atoms with van der Waals surface area (Å²) in [5.41, 5.74) is 7.80. The van der Waals surface area contributed by atoms with Crippen molar-refractivity contribution in [2.75, 3.05) is 17.7 Å². The van der Waals surface area contributed by atoms with E-state index in [2.05, 4.69) is 10.3 Å². The lowest BCUT2D eigenvalue weighted by atomic mass is 10.1. The first kappa shape index (κ1) is 11.5. The smallest absolute Gasteiger partial charge is 0.255 e. The molecule has 0 unspecified atom stereocenters. The maximum atomic E-state index is 12.1. The molecule has 0 aliphatic carbocycles. The van der Waals surface area contributed by atoms with Crippen LogP contribution in [0, 0.1) is 0 Å². The third kappa shape index (κ3) is 2.35. The molecule has 0 spiro atoms. The molecule has 0 radical (unpaired) electrons. The van der Waals surface area contributed by atoms with E-state index in [0.29, 0.717) is 23.7 Å². The molecular weight excluding hydrogens is 242 g/mol. The Morgan fingerprint density at radius 2 is 2.21 bits per heavy atom. The molecule has 3 rings (SSSR count). The fourth-order valence-electron chi connectivity index (χ4n) is 2.01. The topological polar surface area (TPSA) is 77.2 Å². The molecule has 2 heterocycles.